The monoisotopic (exact) mass is 280 g/mol. The fraction of sp³-hybridized carbons (Fsp3) is 0.214. The van der Waals surface area contributed by atoms with E-state index in [0.717, 1.165) is 16.3 Å². The van der Waals surface area contributed by atoms with Crippen LogP contribution in [0.1, 0.15) is 24.2 Å². The van der Waals surface area contributed by atoms with Gasteiger partial charge in [0.25, 0.3) is 0 Å². The Kier molecular flexibility index (Phi) is 4.59. The molecule has 1 atom stereocenters. The van der Waals surface area contributed by atoms with E-state index in [1.54, 1.807) is 12.3 Å². The van der Waals surface area contributed by atoms with Crippen molar-refractivity contribution in [3.63, 3.8) is 0 Å². The van der Waals surface area contributed by atoms with Gasteiger partial charge in [-0.15, -0.1) is 0 Å². The van der Waals surface area contributed by atoms with Gasteiger partial charge in [0.1, 0.15) is 0 Å². The van der Waals surface area contributed by atoms with Crippen molar-refractivity contribution in [3.8, 4) is 0 Å². The number of aromatic nitrogens is 1. The number of hydrogen-bond donors (Lipinski definition) is 1. The Bertz CT molecular complexity index is 514. The molecule has 0 aliphatic carbocycles. The third-order valence-electron chi connectivity index (χ3n) is 2.74. The minimum atomic E-state index is 0.168. The molecule has 0 saturated carbocycles. The van der Waals surface area contributed by atoms with Gasteiger partial charge in [-0.25, -0.2) is 0 Å². The molecule has 1 heterocycles. The molecule has 0 saturated heterocycles. The molecular formula is C14H14Cl2N2. The van der Waals surface area contributed by atoms with Gasteiger partial charge < -0.3 is 5.32 Å². The Morgan fingerprint density at radius 1 is 1.22 bits per heavy atom. The molecule has 2 nitrogen and oxygen atoms in total. The molecule has 0 spiro atoms. The Morgan fingerprint density at radius 3 is 2.78 bits per heavy atom. The first kappa shape index (κ1) is 13.3. The van der Waals surface area contributed by atoms with Crippen LogP contribution in [0.25, 0.3) is 0 Å². The Hall–Kier alpha value is -1.09. The second-order valence-electron chi connectivity index (χ2n) is 4.09. The van der Waals surface area contributed by atoms with Crippen molar-refractivity contribution in [1.82, 2.24) is 10.3 Å². The van der Waals surface area contributed by atoms with Gasteiger partial charge in [0.15, 0.2) is 0 Å². The summed E-state index contributed by atoms with van der Waals surface area (Å²) >= 11 is 12.1. The van der Waals surface area contributed by atoms with Crippen LogP contribution in [-0.2, 0) is 6.54 Å². The van der Waals surface area contributed by atoms with Crippen LogP contribution in [0, 0.1) is 0 Å². The molecule has 1 aromatic heterocycles. The van der Waals surface area contributed by atoms with Gasteiger partial charge in [-0.05, 0) is 42.8 Å². The van der Waals surface area contributed by atoms with Crippen LogP contribution in [0.3, 0.4) is 0 Å². The van der Waals surface area contributed by atoms with Crippen LogP contribution < -0.4 is 5.32 Å². The van der Waals surface area contributed by atoms with Crippen LogP contribution >= 0.6 is 23.2 Å². The molecule has 94 valence electrons. The van der Waals surface area contributed by atoms with Crippen LogP contribution in [0.5, 0.6) is 0 Å². The summed E-state index contributed by atoms with van der Waals surface area (Å²) in [6, 6.07) is 11.5. The van der Waals surface area contributed by atoms with Crippen LogP contribution in [-0.4, -0.2) is 4.98 Å². The normalized spacial score (nSPS) is 12.4. The van der Waals surface area contributed by atoms with Gasteiger partial charge in [0.2, 0.25) is 0 Å². The largest absolute Gasteiger partial charge is 0.305 e. The Labute approximate surface area is 117 Å². The summed E-state index contributed by atoms with van der Waals surface area (Å²) in [5, 5.41) is 4.80. The zero-order valence-electron chi connectivity index (χ0n) is 10.0. The van der Waals surface area contributed by atoms with Gasteiger partial charge in [-0.3, -0.25) is 4.98 Å². The van der Waals surface area contributed by atoms with Crippen molar-refractivity contribution >= 4 is 23.2 Å². The third-order valence-corrected chi connectivity index (χ3v) is 3.34. The highest BCUT2D eigenvalue weighted by Gasteiger charge is 2.07. The van der Waals surface area contributed by atoms with Gasteiger partial charge >= 0.3 is 0 Å². The Morgan fingerprint density at radius 2 is 2.06 bits per heavy atom. The molecule has 18 heavy (non-hydrogen) atoms. The molecule has 2 aromatic rings. The number of nitrogens with zero attached hydrogens (tertiary/aromatic N) is 1. The standard InChI is InChI=1S/C14H14Cl2N2/c1-10(14-4-2-3-7-17-14)18-9-11-8-12(15)5-6-13(11)16/h2-8,10,18H,9H2,1H3/t10-/m0/s1. The molecule has 0 aliphatic heterocycles. The van der Waals surface area contributed by atoms with Crippen molar-refractivity contribution < 1.29 is 0 Å². The highest BCUT2D eigenvalue weighted by Crippen LogP contribution is 2.21. The molecule has 0 unspecified atom stereocenters. The minimum absolute atomic E-state index is 0.168. The summed E-state index contributed by atoms with van der Waals surface area (Å²) in [4.78, 5) is 4.31. The maximum atomic E-state index is 6.11. The number of hydrogen-bond acceptors (Lipinski definition) is 2. The number of benzene rings is 1. The van der Waals surface area contributed by atoms with Crippen molar-refractivity contribution in [2.45, 2.75) is 19.5 Å². The smallest absolute Gasteiger partial charge is 0.0570 e. The summed E-state index contributed by atoms with van der Waals surface area (Å²) in [5.74, 6) is 0. The van der Waals surface area contributed by atoms with Gasteiger partial charge in [0.05, 0.1) is 5.69 Å². The molecule has 0 amide bonds. The number of pyridine rings is 1. The summed E-state index contributed by atoms with van der Waals surface area (Å²) in [7, 11) is 0. The van der Waals surface area contributed by atoms with E-state index in [4.69, 9.17) is 23.2 Å². The van der Waals surface area contributed by atoms with Crippen LogP contribution in [0.2, 0.25) is 10.0 Å². The second kappa shape index (κ2) is 6.19. The van der Waals surface area contributed by atoms with E-state index in [9.17, 15) is 0 Å². The van der Waals surface area contributed by atoms with Crippen molar-refractivity contribution in [2.75, 3.05) is 0 Å². The average molecular weight is 281 g/mol. The lowest BCUT2D eigenvalue weighted by Crippen LogP contribution is -2.19. The molecule has 0 radical (unpaired) electrons. The summed E-state index contributed by atoms with van der Waals surface area (Å²) in [6.45, 7) is 2.73. The number of halogens is 2. The first-order chi connectivity index (χ1) is 8.66. The highest BCUT2D eigenvalue weighted by atomic mass is 35.5. The first-order valence-corrected chi connectivity index (χ1v) is 6.50. The molecule has 0 bridgehead atoms. The summed E-state index contributed by atoms with van der Waals surface area (Å²) in [5.41, 5.74) is 2.00. The topological polar surface area (TPSA) is 24.9 Å². The number of rotatable bonds is 4. The SMILES string of the molecule is C[C@H](NCc1cc(Cl)ccc1Cl)c1ccccn1. The zero-order chi connectivity index (χ0) is 13.0. The molecule has 2 rings (SSSR count). The lowest BCUT2D eigenvalue weighted by atomic mass is 10.2. The summed E-state index contributed by atoms with van der Waals surface area (Å²) < 4.78 is 0. The zero-order valence-corrected chi connectivity index (χ0v) is 11.5. The predicted molar refractivity (Wildman–Crippen MR) is 76.0 cm³/mol. The lowest BCUT2D eigenvalue weighted by Gasteiger charge is -2.14. The predicted octanol–water partition coefficient (Wildman–Crippen LogP) is 4.24. The van der Waals surface area contributed by atoms with E-state index < -0.39 is 0 Å². The van der Waals surface area contributed by atoms with Gasteiger partial charge in [-0.1, -0.05) is 29.3 Å². The van der Waals surface area contributed by atoms with Crippen molar-refractivity contribution in [2.24, 2.45) is 0 Å². The quantitative estimate of drug-likeness (QED) is 0.906. The third kappa shape index (κ3) is 3.45. The van der Waals surface area contributed by atoms with Crippen LogP contribution in [0.15, 0.2) is 42.6 Å². The van der Waals surface area contributed by atoms with Crippen LogP contribution in [0.4, 0.5) is 0 Å². The lowest BCUT2D eigenvalue weighted by molar-refractivity contribution is 0.561. The fourth-order valence-corrected chi connectivity index (χ4v) is 2.06. The van der Waals surface area contributed by atoms with Gasteiger partial charge in [0, 0.05) is 28.8 Å². The Balaban J connectivity index is 2.01. The fourth-order valence-electron chi connectivity index (χ4n) is 1.68. The maximum absolute atomic E-state index is 6.11. The number of nitrogens with one attached hydrogen (secondary N) is 1. The molecular weight excluding hydrogens is 267 g/mol. The molecule has 0 aliphatic rings. The highest BCUT2D eigenvalue weighted by molar-refractivity contribution is 6.33. The van der Waals surface area contributed by atoms with Gasteiger partial charge in [-0.2, -0.15) is 0 Å². The summed E-state index contributed by atoms with van der Waals surface area (Å²) in [6.07, 6.45) is 1.79. The van der Waals surface area contributed by atoms with E-state index in [0.29, 0.717) is 11.6 Å². The molecule has 1 N–H and O–H groups in total. The molecule has 0 fully saturated rings. The van der Waals surface area contributed by atoms with E-state index in [1.807, 2.05) is 30.3 Å². The van der Waals surface area contributed by atoms with E-state index in [-0.39, 0.29) is 6.04 Å². The average Bonchev–Trinajstić information content (AvgIpc) is 2.40. The van der Waals surface area contributed by atoms with E-state index in [2.05, 4.69) is 17.2 Å². The minimum Gasteiger partial charge on any atom is -0.305 e. The first-order valence-electron chi connectivity index (χ1n) is 5.75. The maximum Gasteiger partial charge on any atom is 0.0570 e. The molecule has 4 heteroatoms. The van der Waals surface area contributed by atoms with Crippen molar-refractivity contribution in [3.05, 3.63) is 63.9 Å². The molecule has 1 aromatic carbocycles. The van der Waals surface area contributed by atoms with E-state index in [1.165, 1.54) is 0 Å². The van der Waals surface area contributed by atoms with Crippen molar-refractivity contribution in [1.29, 1.82) is 0 Å². The second-order valence-corrected chi connectivity index (χ2v) is 4.94. The van der Waals surface area contributed by atoms with E-state index >= 15 is 0 Å².